The van der Waals surface area contributed by atoms with Gasteiger partial charge in [0.1, 0.15) is 6.61 Å². The van der Waals surface area contributed by atoms with Crippen molar-refractivity contribution in [3.63, 3.8) is 0 Å². The molecule has 0 spiro atoms. The maximum absolute atomic E-state index is 5.98. The van der Waals surface area contributed by atoms with Crippen molar-refractivity contribution in [1.82, 2.24) is 0 Å². The molecular weight excluding hydrogens is 266 g/mol. The van der Waals surface area contributed by atoms with Crippen LogP contribution in [0.2, 0.25) is 0 Å². The summed E-state index contributed by atoms with van der Waals surface area (Å²) in [6.07, 6.45) is 0.727. The largest absolute Gasteiger partial charge is 0.493 e. The summed E-state index contributed by atoms with van der Waals surface area (Å²) in [5.74, 6) is 1.96. The van der Waals surface area contributed by atoms with E-state index in [9.17, 15) is 0 Å². The summed E-state index contributed by atoms with van der Waals surface area (Å²) >= 11 is 0. The van der Waals surface area contributed by atoms with Gasteiger partial charge in [-0.2, -0.15) is 0 Å². The van der Waals surface area contributed by atoms with Gasteiger partial charge < -0.3 is 19.9 Å². The van der Waals surface area contributed by atoms with E-state index < -0.39 is 0 Å². The van der Waals surface area contributed by atoms with Crippen LogP contribution in [0.5, 0.6) is 17.2 Å². The van der Waals surface area contributed by atoms with Crippen LogP contribution in [-0.2, 0) is 13.0 Å². The van der Waals surface area contributed by atoms with Gasteiger partial charge in [0, 0.05) is 0 Å². The van der Waals surface area contributed by atoms with E-state index in [1.54, 1.807) is 14.2 Å². The number of hydrogen-bond acceptors (Lipinski definition) is 4. The number of nitrogens with two attached hydrogens (primary N) is 1. The molecule has 2 rings (SSSR count). The van der Waals surface area contributed by atoms with Crippen LogP contribution in [0.1, 0.15) is 11.1 Å². The standard InChI is InChI=1S/C17H21NO3/c1-19-15-9-8-14(10-11-18)16(17(15)20-2)21-12-13-6-4-3-5-7-13/h3-9H,10-12,18H2,1-2H3. The Kier molecular flexibility index (Phi) is 5.46. The highest BCUT2D eigenvalue weighted by molar-refractivity contribution is 5.56. The van der Waals surface area contributed by atoms with Crippen molar-refractivity contribution in [3.8, 4) is 17.2 Å². The molecule has 0 bridgehead atoms. The van der Waals surface area contributed by atoms with Crippen molar-refractivity contribution < 1.29 is 14.2 Å². The first-order valence-corrected chi connectivity index (χ1v) is 6.90. The summed E-state index contributed by atoms with van der Waals surface area (Å²) in [6.45, 7) is 1.03. The molecule has 4 heteroatoms. The second kappa shape index (κ2) is 7.55. The van der Waals surface area contributed by atoms with Crippen molar-refractivity contribution in [2.75, 3.05) is 20.8 Å². The van der Waals surface area contributed by atoms with Crippen LogP contribution in [0.15, 0.2) is 42.5 Å². The van der Waals surface area contributed by atoms with Crippen LogP contribution >= 0.6 is 0 Å². The third-order valence-corrected chi connectivity index (χ3v) is 3.22. The SMILES string of the molecule is COc1ccc(CCN)c(OCc2ccccc2)c1OC. The molecule has 2 aromatic carbocycles. The van der Waals surface area contributed by atoms with Crippen molar-refractivity contribution in [3.05, 3.63) is 53.6 Å². The second-order valence-corrected chi connectivity index (χ2v) is 4.60. The molecule has 0 aliphatic carbocycles. The molecule has 0 radical (unpaired) electrons. The summed E-state index contributed by atoms with van der Waals surface area (Å²) in [4.78, 5) is 0. The predicted octanol–water partition coefficient (Wildman–Crippen LogP) is 2.78. The van der Waals surface area contributed by atoms with Crippen LogP contribution in [0.25, 0.3) is 0 Å². The average Bonchev–Trinajstić information content (AvgIpc) is 2.54. The van der Waals surface area contributed by atoms with E-state index >= 15 is 0 Å². The van der Waals surface area contributed by atoms with Gasteiger partial charge in [0.15, 0.2) is 11.5 Å². The van der Waals surface area contributed by atoms with Gasteiger partial charge in [0.2, 0.25) is 5.75 Å². The van der Waals surface area contributed by atoms with Crippen molar-refractivity contribution in [1.29, 1.82) is 0 Å². The summed E-state index contributed by atoms with van der Waals surface area (Å²) < 4.78 is 16.8. The number of rotatable bonds is 7. The maximum Gasteiger partial charge on any atom is 0.203 e. The lowest BCUT2D eigenvalue weighted by atomic mass is 10.1. The Morgan fingerprint density at radius 2 is 1.67 bits per heavy atom. The van der Waals surface area contributed by atoms with Gasteiger partial charge in [-0.3, -0.25) is 0 Å². The summed E-state index contributed by atoms with van der Waals surface area (Å²) in [5, 5.41) is 0. The molecule has 0 saturated carbocycles. The Bertz CT molecular complexity index is 570. The Morgan fingerprint density at radius 1 is 0.905 bits per heavy atom. The molecule has 0 amide bonds. The van der Waals surface area contributed by atoms with Gasteiger partial charge in [-0.05, 0) is 30.2 Å². The fraction of sp³-hybridized carbons (Fsp3) is 0.294. The lowest BCUT2D eigenvalue weighted by molar-refractivity contribution is 0.272. The topological polar surface area (TPSA) is 53.7 Å². The van der Waals surface area contributed by atoms with Gasteiger partial charge in [-0.15, -0.1) is 0 Å². The van der Waals surface area contributed by atoms with Crippen LogP contribution < -0.4 is 19.9 Å². The highest BCUT2D eigenvalue weighted by Gasteiger charge is 2.16. The first-order valence-electron chi connectivity index (χ1n) is 6.90. The fourth-order valence-corrected chi connectivity index (χ4v) is 2.18. The quantitative estimate of drug-likeness (QED) is 0.851. The summed E-state index contributed by atoms with van der Waals surface area (Å²) in [7, 11) is 3.22. The molecule has 0 aliphatic rings. The van der Waals surface area contributed by atoms with Crippen LogP contribution in [0.4, 0.5) is 0 Å². The Balaban J connectivity index is 2.29. The molecule has 4 nitrogen and oxygen atoms in total. The van der Waals surface area contributed by atoms with Gasteiger partial charge in [0.25, 0.3) is 0 Å². The van der Waals surface area contributed by atoms with E-state index in [0.717, 1.165) is 17.5 Å². The second-order valence-electron chi connectivity index (χ2n) is 4.60. The molecule has 0 heterocycles. The summed E-state index contributed by atoms with van der Waals surface area (Å²) in [5.41, 5.74) is 7.79. The zero-order valence-corrected chi connectivity index (χ0v) is 12.5. The normalized spacial score (nSPS) is 10.2. The molecule has 0 aromatic heterocycles. The first-order chi connectivity index (χ1) is 10.3. The maximum atomic E-state index is 5.98. The Morgan fingerprint density at radius 3 is 2.29 bits per heavy atom. The van der Waals surface area contributed by atoms with Crippen LogP contribution in [0, 0.1) is 0 Å². The monoisotopic (exact) mass is 287 g/mol. The fourth-order valence-electron chi connectivity index (χ4n) is 2.18. The van der Waals surface area contributed by atoms with E-state index in [1.165, 1.54) is 0 Å². The van der Waals surface area contributed by atoms with Gasteiger partial charge in [0.05, 0.1) is 14.2 Å². The van der Waals surface area contributed by atoms with E-state index in [1.807, 2.05) is 42.5 Å². The third kappa shape index (κ3) is 3.67. The highest BCUT2D eigenvalue weighted by atomic mass is 16.5. The smallest absolute Gasteiger partial charge is 0.203 e. The van der Waals surface area contributed by atoms with Gasteiger partial charge in [-0.1, -0.05) is 36.4 Å². The number of hydrogen-bond donors (Lipinski definition) is 1. The van der Waals surface area contributed by atoms with Crippen LogP contribution in [-0.4, -0.2) is 20.8 Å². The molecule has 0 atom stereocenters. The number of ether oxygens (including phenoxy) is 3. The molecular formula is C17H21NO3. The number of methoxy groups -OCH3 is 2. The van der Waals surface area contributed by atoms with Gasteiger partial charge in [-0.25, -0.2) is 0 Å². The average molecular weight is 287 g/mol. The lowest BCUT2D eigenvalue weighted by Crippen LogP contribution is -2.07. The minimum Gasteiger partial charge on any atom is -0.493 e. The minimum atomic E-state index is 0.474. The highest BCUT2D eigenvalue weighted by Crippen LogP contribution is 2.40. The van der Waals surface area contributed by atoms with Crippen molar-refractivity contribution in [2.45, 2.75) is 13.0 Å². The van der Waals surface area contributed by atoms with Gasteiger partial charge >= 0.3 is 0 Å². The molecule has 0 unspecified atom stereocenters. The third-order valence-electron chi connectivity index (χ3n) is 3.22. The molecule has 21 heavy (non-hydrogen) atoms. The van der Waals surface area contributed by atoms with E-state index in [-0.39, 0.29) is 0 Å². The predicted molar refractivity (Wildman–Crippen MR) is 83.1 cm³/mol. The lowest BCUT2D eigenvalue weighted by Gasteiger charge is -2.17. The Hall–Kier alpha value is -2.20. The summed E-state index contributed by atoms with van der Waals surface area (Å²) in [6, 6.07) is 13.8. The molecule has 0 aliphatic heterocycles. The Labute approximate surface area is 125 Å². The molecule has 2 N–H and O–H groups in total. The number of benzene rings is 2. The van der Waals surface area contributed by atoms with E-state index in [2.05, 4.69) is 0 Å². The molecule has 0 saturated heterocycles. The minimum absolute atomic E-state index is 0.474. The van der Waals surface area contributed by atoms with E-state index in [0.29, 0.717) is 30.4 Å². The molecule has 0 fully saturated rings. The zero-order chi connectivity index (χ0) is 15.1. The van der Waals surface area contributed by atoms with Crippen molar-refractivity contribution >= 4 is 0 Å². The zero-order valence-electron chi connectivity index (χ0n) is 12.5. The molecule has 112 valence electrons. The first kappa shape index (κ1) is 15.2. The van der Waals surface area contributed by atoms with Crippen molar-refractivity contribution in [2.24, 2.45) is 5.73 Å². The van der Waals surface area contributed by atoms with E-state index in [4.69, 9.17) is 19.9 Å². The molecule has 2 aromatic rings. The van der Waals surface area contributed by atoms with Crippen LogP contribution in [0.3, 0.4) is 0 Å².